The first-order valence-corrected chi connectivity index (χ1v) is 7.85. The van der Waals surface area contributed by atoms with Crippen molar-refractivity contribution in [2.24, 2.45) is 5.92 Å². The molecule has 2 fully saturated rings. The molecule has 1 saturated heterocycles. The minimum absolute atomic E-state index is 0.0329. The van der Waals surface area contributed by atoms with Crippen LogP contribution in [0.15, 0.2) is 0 Å². The lowest BCUT2D eigenvalue weighted by atomic mass is 9.96. The lowest BCUT2D eigenvalue weighted by Crippen LogP contribution is -2.47. The van der Waals surface area contributed by atoms with Crippen molar-refractivity contribution in [3.05, 3.63) is 0 Å². The number of carbonyl (C=O) groups is 2. The van der Waals surface area contributed by atoms with Gasteiger partial charge in [0.05, 0.1) is 12.6 Å². The van der Waals surface area contributed by atoms with Crippen molar-refractivity contribution in [2.45, 2.75) is 44.2 Å². The molecule has 2 atom stereocenters. The first-order chi connectivity index (χ1) is 10.1. The molecule has 7 nitrogen and oxygen atoms in total. The van der Waals surface area contributed by atoms with Gasteiger partial charge in [-0.15, -0.1) is 0 Å². The first kappa shape index (κ1) is 16.0. The van der Waals surface area contributed by atoms with Gasteiger partial charge in [-0.2, -0.15) is 0 Å². The second-order valence-corrected chi connectivity index (χ2v) is 5.95. The van der Waals surface area contributed by atoms with E-state index in [1.54, 1.807) is 0 Å². The van der Waals surface area contributed by atoms with Crippen LogP contribution in [0.25, 0.3) is 0 Å². The first-order valence-electron chi connectivity index (χ1n) is 7.85. The molecule has 1 saturated carbocycles. The van der Waals surface area contributed by atoms with Crippen LogP contribution in [-0.2, 0) is 4.79 Å². The fraction of sp³-hybridized carbons (Fsp3) is 0.857. The monoisotopic (exact) mass is 298 g/mol. The molecule has 0 spiro atoms. The highest BCUT2D eigenvalue weighted by Gasteiger charge is 2.25. The van der Waals surface area contributed by atoms with E-state index in [1.807, 2.05) is 0 Å². The van der Waals surface area contributed by atoms with Crippen LogP contribution in [0.5, 0.6) is 0 Å². The fourth-order valence-electron chi connectivity index (χ4n) is 2.88. The zero-order chi connectivity index (χ0) is 15.1. The number of amides is 3. The van der Waals surface area contributed by atoms with E-state index in [0.717, 1.165) is 25.7 Å². The Morgan fingerprint density at radius 3 is 2.52 bits per heavy atom. The third-order valence-corrected chi connectivity index (χ3v) is 4.22. The van der Waals surface area contributed by atoms with E-state index in [1.165, 1.54) is 6.42 Å². The van der Waals surface area contributed by atoms with Crippen molar-refractivity contribution < 1.29 is 14.7 Å². The van der Waals surface area contributed by atoms with E-state index in [9.17, 15) is 14.7 Å². The van der Waals surface area contributed by atoms with Crippen LogP contribution >= 0.6 is 0 Å². The molecular weight excluding hydrogens is 272 g/mol. The SMILES string of the molecule is O=C(CNC(=O)NC1CCCCC1)NCC1CNCC1O. The molecule has 2 unspecified atom stereocenters. The van der Waals surface area contributed by atoms with Crippen molar-refractivity contribution in [1.82, 2.24) is 21.3 Å². The van der Waals surface area contributed by atoms with Crippen LogP contribution in [0.2, 0.25) is 0 Å². The number of hydrogen-bond donors (Lipinski definition) is 5. The summed E-state index contributed by atoms with van der Waals surface area (Å²) < 4.78 is 0. The molecule has 1 heterocycles. The zero-order valence-corrected chi connectivity index (χ0v) is 12.4. The predicted octanol–water partition coefficient (Wildman–Crippen LogP) is -0.685. The summed E-state index contributed by atoms with van der Waals surface area (Å²) >= 11 is 0. The van der Waals surface area contributed by atoms with Crippen LogP contribution in [0.3, 0.4) is 0 Å². The molecule has 21 heavy (non-hydrogen) atoms. The third kappa shape index (κ3) is 5.51. The summed E-state index contributed by atoms with van der Waals surface area (Å²) in [6.07, 6.45) is 5.18. The van der Waals surface area contributed by atoms with E-state index < -0.39 is 6.10 Å². The number of aliphatic hydroxyl groups is 1. The summed E-state index contributed by atoms with van der Waals surface area (Å²) in [4.78, 5) is 23.3. The smallest absolute Gasteiger partial charge is 0.315 e. The van der Waals surface area contributed by atoms with Crippen molar-refractivity contribution >= 4 is 11.9 Å². The highest BCUT2D eigenvalue weighted by molar-refractivity contribution is 5.83. The number of rotatable bonds is 5. The molecule has 0 aromatic rings. The topological polar surface area (TPSA) is 102 Å². The molecule has 0 bridgehead atoms. The predicted molar refractivity (Wildman–Crippen MR) is 78.8 cm³/mol. The summed E-state index contributed by atoms with van der Waals surface area (Å²) in [7, 11) is 0. The van der Waals surface area contributed by atoms with Gasteiger partial charge in [-0.1, -0.05) is 19.3 Å². The summed E-state index contributed by atoms with van der Waals surface area (Å²) in [6, 6.07) is -0.0406. The maximum atomic E-state index is 11.7. The number of β-amino-alcohol motifs (C(OH)–C–C–N with tert-alkyl or cyclic N) is 1. The standard InChI is InChI=1S/C14H26N4O3/c19-12-8-15-6-10(12)7-16-13(20)9-17-14(21)18-11-4-2-1-3-5-11/h10-12,15,19H,1-9H2,(H,16,20)(H2,17,18,21). The van der Waals surface area contributed by atoms with Crippen LogP contribution in [0, 0.1) is 5.92 Å². The largest absolute Gasteiger partial charge is 0.391 e. The minimum Gasteiger partial charge on any atom is -0.391 e. The Morgan fingerprint density at radius 1 is 1.10 bits per heavy atom. The maximum absolute atomic E-state index is 11.7. The number of hydrogen-bond acceptors (Lipinski definition) is 4. The van der Waals surface area contributed by atoms with Gasteiger partial charge in [-0.05, 0) is 12.8 Å². The van der Waals surface area contributed by atoms with E-state index in [-0.39, 0.29) is 30.4 Å². The highest BCUT2D eigenvalue weighted by atomic mass is 16.3. The van der Waals surface area contributed by atoms with Gasteiger partial charge in [-0.3, -0.25) is 4.79 Å². The molecule has 2 rings (SSSR count). The number of carbonyl (C=O) groups excluding carboxylic acids is 2. The van der Waals surface area contributed by atoms with Gasteiger partial charge >= 0.3 is 6.03 Å². The zero-order valence-electron chi connectivity index (χ0n) is 12.4. The summed E-state index contributed by atoms with van der Waals surface area (Å²) in [5.41, 5.74) is 0. The molecule has 0 radical (unpaired) electrons. The molecule has 5 N–H and O–H groups in total. The van der Waals surface area contributed by atoms with Crippen LogP contribution in [0.4, 0.5) is 4.79 Å². The fourth-order valence-corrected chi connectivity index (χ4v) is 2.88. The second kappa shape index (κ2) is 8.19. The third-order valence-electron chi connectivity index (χ3n) is 4.22. The normalized spacial score (nSPS) is 26.3. The maximum Gasteiger partial charge on any atom is 0.315 e. The van der Waals surface area contributed by atoms with E-state index in [4.69, 9.17) is 0 Å². The van der Waals surface area contributed by atoms with Gasteiger partial charge in [0.1, 0.15) is 0 Å². The molecule has 0 aromatic heterocycles. The Balaban J connectivity index is 1.56. The Labute approximate surface area is 125 Å². The Kier molecular flexibility index (Phi) is 6.25. The highest BCUT2D eigenvalue weighted by Crippen LogP contribution is 2.17. The molecule has 7 heteroatoms. The molecular formula is C14H26N4O3. The molecule has 0 aromatic carbocycles. The molecule has 1 aliphatic carbocycles. The van der Waals surface area contributed by atoms with Crippen molar-refractivity contribution in [2.75, 3.05) is 26.2 Å². The van der Waals surface area contributed by atoms with Gasteiger partial charge < -0.3 is 26.4 Å². The van der Waals surface area contributed by atoms with Crippen LogP contribution in [0.1, 0.15) is 32.1 Å². The van der Waals surface area contributed by atoms with Gasteiger partial charge in [-0.25, -0.2) is 4.79 Å². The Bertz CT molecular complexity index is 358. The Morgan fingerprint density at radius 2 is 1.86 bits per heavy atom. The van der Waals surface area contributed by atoms with Gasteiger partial charge in [0.25, 0.3) is 0 Å². The van der Waals surface area contributed by atoms with E-state index in [0.29, 0.717) is 19.6 Å². The van der Waals surface area contributed by atoms with Gasteiger partial charge in [0.2, 0.25) is 5.91 Å². The second-order valence-electron chi connectivity index (χ2n) is 5.95. The Hall–Kier alpha value is -1.34. The number of nitrogens with one attached hydrogen (secondary N) is 4. The minimum atomic E-state index is -0.409. The van der Waals surface area contributed by atoms with Crippen molar-refractivity contribution in [1.29, 1.82) is 0 Å². The average molecular weight is 298 g/mol. The van der Waals surface area contributed by atoms with Gasteiger partial charge in [0.15, 0.2) is 0 Å². The van der Waals surface area contributed by atoms with E-state index in [2.05, 4.69) is 21.3 Å². The number of aliphatic hydroxyl groups excluding tert-OH is 1. The molecule has 2 aliphatic rings. The van der Waals surface area contributed by atoms with Crippen LogP contribution < -0.4 is 21.3 Å². The van der Waals surface area contributed by atoms with E-state index >= 15 is 0 Å². The quantitative estimate of drug-likeness (QED) is 0.464. The van der Waals surface area contributed by atoms with Gasteiger partial charge in [0, 0.05) is 31.6 Å². The molecule has 1 aliphatic heterocycles. The summed E-state index contributed by atoms with van der Waals surface area (Å²) in [6.45, 7) is 1.67. The number of urea groups is 1. The van der Waals surface area contributed by atoms with Crippen molar-refractivity contribution in [3.8, 4) is 0 Å². The lowest BCUT2D eigenvalue weighted by Gasteiger charge is -2.22. The molecule has 3 amide bonds. The van der Waals surface area contributed by atoms with Crippen molar-refractivity contribution in [3.63, 3.8) is 0 Å². The van der Waals surface area contributed by atoms with Crippen LogP contribution in [-0.4, -0.2) is 55.4 Å². The summed E-state index contributed by atoms with van der Waals surface area (Å²) in [5.74, 6) is -0.182. The average Bonchev–Trinajstić information content (AvgIpc) is 2.89. The summed E-state index contributed by atoms with van der Waals surface area (Å²) in [5, 5.41) is 20.9. The molecule has 120 valence electrons. The lowest BCUT2D eigenvalue weighted by molar-refractivity contribution is -0.120.